The van der Waals surface area contributed by atoms with E-state index in [1.165, 1.54) is 4.90 Å². The topological polar surface area (TPSA) is 69.7 Å². The van der Waals surface area contributed by atoms with E-state index in [4.69, 9.17) is 11.6 Å². The molecular weight excluding hydrogens is 426 g/mol. The van der Waals surface area contributed by atoms with Crippen molar-refractivity contribution < 1.29 is 14.4 Å². The van der Waals surface area contributed by atoms with Gasteiger partial charge in [-0.25, -0.2) is 4.90 Å². The van der Waals surface area contributed by atoms with Gasteiger partial charge in [0.1, 0.15) is 10.7 Å². The van der Waals surface area contributed by atoms with Crippen LogP contribution in [0.15, 0.2) is 89.6 Å². The maximum atomic E-state index is 13.0. The molecule has 1 aliphatic heterocycles. The molecule has 160 valence electrons. The van der Waals surface area contributed by atoms with Crippen LogP contribution in [0.2, 0.25) is 0 Å². The second-order valence-corrected chi connectivity index (χ2v) is 7.70. The Balaban J connectivity index is 1.58. The summed E-state index contributed by atoms with van der Waals surface area (Å²) in [6.45, 7) is 1.81. The minimum Gasteiger partial charge on any atom is -0.350 e. The molecule has 1 heterocycles. The van der Waals surface area contributed by atoms with Crippen LogP contribution in [0.25, 0.3) is 0 Å². The minimum atomic E-state index is -0.593. The molecule has 0 fully saturated rings. The minimum absolute atomic E-state index is 0.0269. The van der Waals surface area contributed by atoms with Gasteiger partial charge in [0.15, 0.2) is 0 Å². The van der Waals surface area contributed by atoms with Gasteiger partial charge in [-0.1, -0.05) is 54.1 Å². The number of imide groups is 1. The van der Waals surface area contributed by atoms with Crippen LogP contribution in [0.3, 0.4) is 0 Å². The third kappa shape index (κ3) is 3.88. The van der Waals surface area contributed by atoms with Crippen LogP contribution in [-0.4, -0.2) is 24.8 Å². The predicted molar refractivity (Wildman–Crippen MR) is 126 cm³/mol. The van der Waals surface area contributed by atoms with Gasteiger partial charge in [-0.05, 0) is 48.9 Å². The first-order valence-corrected chi connectivity index (χ1v) is 10.3. The molecule has 6 nitrogen and oxygen atoms in total. The van der Waals surface area contributed by atoms with Gasteiger partial charge in [0, 0.05) is 24.0 Å². The Morgan fingerprint density at radius 1 is 0.906 bits per heavy atom. The molecule has 7 heteroatoms. The molecule has 0 aliphatic carbocycles. The van der Waals surface area contributed by atoms with Crippen LogP contribution in [0.5, 0.6) is 0 Å². The Labute approximate surface area is 190 Å². The van der Waals surface area contributed by atoms with Crippen LogP contribution in [-0.2, 0) is 9.59 Å². The van der Waals surface area contributed by atoms with Gasteiger partial charge in [0.2, 0.25) is 0 Å². The van der Waals surface area contributed by atoms with E-state index in [1.54, 1.807) is 43.4 Å². The summed E-state index contributed by atoms with van der Waals surface area (Å²) in [5.74, 6) is -1.35. The SMILES string of the molecule is Cc1ccccc1N1C(=O)C(Cl)=C(Nc2cccc(C(=O)N(C)c3ccccc3)c2)C1=O. The first-order valence-electron chi connectivity index (χ1n) is 9.93. The standard InChI is InChI=1S/C25H20ClN3O3/c1-16-9-6-7-14-20(16)29-24(31)21(26)22(25(29)32)27-18-11-8-10-17(15-18)23(30)28(2)19-12-4-3-5-13-19/h3-15,27H,1-2H3. The number of nitrogens with zero attached hydrogens (tertiary/aromatic N) is 2. The zero-order chi connectivity index (χ0) is 22.8. The van der Waals surface area contributed by atoms with Crippen LogP contribution in [0, 0.1) is 6.92 Å². The number of para-hydroxylation sites is 2. The van der Waals surface area contributed by atoms with E-state index in [0.29, 0.717) is 16.9 Å². The summed E-state index contributed by atoms with van der Waals surface area (Å²) in [6, 6.07) is 23.1. The lowest BCUT2D eigenvalue weighted by Gasteiger charge is -2.18. The number of carbonyl (C=O) groups excluding carboxylic acids is 3. The summed E-state index contributed by atoms with van der Waals surface area (Å²) in [7, 11) is 1.69. The molecule has 0 radical (unpaired) electrons. The van der Waals surface area contributed by atoms with E-state index >= 15 is 0 Å². The zero-order valence-corrected chi connectivity index (χ0v) is 18.3. The Morgan fingerprint density at radius 3 is 2.31 bits per heavy atom. The Hall–Kier alpha value is -3.90. The van der Waals surface area contributed by atoms with Crippen LogP contribution in [0.1, 0.15) is 15.9 Å². The van der Waals surface area contributed by atoms with E-state index in [2.05, 4.69) is 5.32 Å². The molecule has 1 aliphatic rings. The lowest BCUT2D eigenvalue weighted by Crippen LogP contribution is -2.32. The summed E-state index contributed by atoms with van der Waals surface area (Å²) in [6.07, 6.45) is 0. The summed E-state index contributed by atoms with van der Waals surface area (Å²) in [5, 5.41) is 2.73. The summed E-state index contributed by atoms with van der Waals surface area (Å²) < 4.78 is 0. The van der Waals surface area contributed by atoms with E-state index < -0.39 is 11.8 Å². The van der Waals surface area contributed by atoms with Crippen molar-refractivity contribution in [3.05, 3.63) is 101 Å². The molecule has 0 aromatic heterocycles. The van der Waals surface area contributed by atoms with Crippen molar-refractivity contribution in [3.63, 3.8) is 0 Å². The second kappa shape index (κ2) is 8.69. The number of rotatable bonds is 5. The highest BCUT2D eigenvalue weighted by Gasteiger charge is 2.39. The normalized spacial score (nSPS) is 13.5. The van der Waals surface area contributed by atoms with Crippen molar-refractivity contribution in [1.29, 1.82) is 0 Å². The van der Waals surface area contributed by atoms with Crippen LogP contribution in [0.4, 0.5) is 17.1 Å². The van der Waals surface area contributed by atoms with Gasteiger partial charge in [-0.15, -0.1) is 0 Å². The number of halogens is 1. The van der Waals surface area contributed by atoms with Gasteiger partial charge in [-0.3, -0.25) is 14.4 Å². The third-order valence-corrected chi connectivity index (χ3v) is 5.56. The van der Waals surface area contributed by atoms with Gasteiger partial charge in [0.25, 0.3) is 17.7 Å². The van der Waals surface area contributed by atoms with E-state index in [9.17, 15) is 14.4 Å². The molecule has 32 heavy (non-hydrogen) atoms. The summed E-state index contributed by atoms with van der Waals surface area (Å²) in [4.78, 5) is 41.2. The molecule has 3 aromatic carbocycles. The fraction of sp³-hybridized carbons (Fsp3) is 0.0800. The quantitative estimate of drug-likeness (QED) is 0.577. The zero-order valence-electron chi connectivity index (χ0n) is 17.5. The smallest absolute Gasteiger partial charge is 0.283 e. The van der Waals surface area contributed by atoms with Gasteiger partial charge in [0.05, 0.1) is 5.69 Å². The molecule has 4 rings (SSSR count). The molecule has 3 aromatic rings. The van der Waals surface area contributed by atoms with E-state index in [-0.39, 0.29) is 16.6 Å². The highest BCUT2D eigenvalue weighted by molar-refractivity contribution is 6.53. The van der Waals surface area contributed by atoms with Crippen molar-refractivity contribution in [1.82, 2.24) is 0 Å². The average Bonchev–Trinajstić information content (AvgIpc) is 3.02. The molecule has 0 atom stereocenters. The first kappa shape index (κ1) is 21.3. The largest absolute Gasteiger partial charge is 0.350 e. The van der Waals surface area contributed by atoms with Crippen LogP contribution >= 0.6 is 11.6 Å². The number of anilines is 3. The van der Waals surface area contributed by atoms with Gasteiger partial charge < -0.3 is 10.2 Å². The number of benzene rings is 3. The molecule has 0 saturated carbocycles. The predicted octanol–water partition coefficient (Wildman–Crippen LogP) is 4.71. The Morgan fingerprint density at radius 2 is 1.59 bits per heavy atom. The number of hydrogen-bond donors (Lipinski definition) is 1. The molecular formula is C25H20ClN3O3. The molecule has 0 spiro atoms. The molecule has 0 bridgehead atoms. The van der Waals surface area contributed by atoms with Crippen molar-refractivity contribution in [2.45, 2.75) is 6.92 Å². The van der Waals surface area contributed by atoms with Crippen molar-refractivity contribution >= 4 is 46.4 Å². The lowest BCUT2D eigenvalue weighted by atomic mass is 10.1. The highest BCUT2D eigenvalue weighted by Crippen LogP contribution is 2.32. The maximum absolute atomic E-state index is 13.0. The highest BCUT2D eigenvalue weighted by atomic mass is 35.5. The summed E-state index contributed by atoms with van der Waals surface area (Å²) >= 11 is 6.23. The van der Waals surface area contributed by atoms with Gasteiger partial charge >= 0.3 is 0 Å². The van der Waals surface area contributed by atoms with Crippen molar-refractivity contribution in [2.24, 2.45) is 0 Å². The van der Waals surface area contributed by atoms with E-state index in [0.717, 1.165) is 16.2 Å². The first-order chi connectivity index (χ1) is 15.4. The van der Waals surface area contributed by atoms with Crippen molar-refractivity contribution in [2.75, 3.05) is 22.2 Å². The number of carbonyl (C=O) groups is 3. The number of hydrogen-bond acceptors (Lipinski definition) is 4. The monoisotopic (exact) mass is 445 g/mol. The number of aryl methyl sites for hydroxylation is 1. The lowest BCUT2D eigenvalue weighted by molar-refractivity contribution is -0.120. The number of amides is 3. The molecule has 1 N–H and O–H groups in total. The Bertz CT molecular complexity index is 1250. The average molecular weight is 446 g/mol. The molecule has 3 amide bonds. The van der Waals surface area contributed by atoms with Crippen molar-refractivity contribution in [3.8, 4) is 0 Å². The fourth-order valence-corrected chi connectivity index (χ4v) is 3.69. The van der Waals surface area contributed by atoms with E-state index in [1.807, 2.05) is 49.4 Å². The fourth-order valence-electron chi connectivity index (χ4n) is 3.48. The number of nitrogens with one attached hydrogen (secondary N) is 1. The summed E-state index contributed by atoms with van der Waals surface area (Å²) in [5.41, 5.74) is 2.87. The van der Waals surface area contributed by atoms with Gasteiger partial charge in [-0.2, -0.15) is 0 Å². The molecule has 0 unspecified atom stereocenters. The maximum Gasteiger partial charge on any atom is 0.283 e. The Kier molecular flexibility index (Phi) is 5.79. The molecule has 0 saturated heterocycles. The third-order valence-electron chi connectivity index (χ3n) is 5.21. The van der Waals surface area contributed by atoms with Crippen LogP contribution < -0.4 is 15.1 Å². The second-order valence-electron chi connectivity index (χ2n) is 7.33.